The van der Waals surface area contributed by atoms with Crippen LogP contribution in [0.5, 0.6) is 0 Å². The van der Waals surface area contributed by atoms with E-state index in [1.54, 1.807) is 0 Å². The van der Waals surface area contributed by atoms with Gasteiger partial charge in [-0.2, -0.15) is 8.78 Å². The number of anilines is 1. The van der Waals surface area contributed by atoms with Gasteiger partial charge in [0.05, 0.1) is 4.90 Å². The molecule has 0 heterocycles. The van der Waals surface area contributed by atoms with Crippen LogP contribution in [-0.4, -0.2) is 44.1 Å². The maximum atomic E-state index is 12.5. The molecule has 0 unspecified atom stereocenters. The maximum Gasteiger partial charge on any atom is 0.341 e. The highest BCUT2D eigenvalue weighted by Crippen LogP contribution is 2.29. The Morgan fingerprint density at radius 3 is 2.21 bits per heavy atom. The predicted molar refractivity (Wildman–Crippen MR) is 98.9 cm³/mol. The normalized spacial score (nSPS) is 16.1. The molecule has 1 aromatic rings. The van der Waals surface area contributed by atoms with E-state index in [1.165, 1.54) is 6.92 Å². The third kappa shape index (κ3) is 5.72. The zero-order valence-electron chi connectivity index (χ0n) is 15.7. The number of sulfone groups is 1. The van der Waals surface area contributed by atoms with Gasteiger partial charge in [-0.15, -0.1) is 0 Å². The van der Waals surface area contributed by atoms with Gasteiger partial charge in [0, 0.05) is 12.6 Å². The van der Waals surface area contributed by atoms with Crippen LogP contribution in [0.4, 0.5) is 14.5 Å². The zero-order chi connectivity index (χ0) is 21.7. The van der Waals surface area contributed by atoms with Crippen molar-refractivity contribution >= 4 is 33.3 Å². The van der Waals surface area contributed by atoms with Crippen LogP contribution in [0, 0.1) is 0 Å². The smallest absolute Gasteiger partial charge is 0.341 e. The number of benzene rings is 1. The number of hydrogen-bond donors (Lipinski definition) is 2. The van der Waals surface area contributed by atoms with Crippen LogP contribution in [-0.2, 0) is 29.0 Å². The number of halogens is 2. The summed E-state index contributed by atoms with van der Waals surface area (Å²) in [4.78, 5) is 35.4. The van der Waals surface area contributed by atoms with Crippen molar-refractivity contribution in [2.24, 2.45) is 0 Å². The molecule has 8 nitrogen and oxygen atoms in total. The first-order valence-corrected chi connectivity index (χ1v) is 10.5. The number of nitrogens with one attached hydrogen (secondary N) is 2. The Morgan fingerprint density at radius 1 is 1.10 bits per heavy atom. The van der Waals surface area contributed by atoms with Crippen molar-refractivity contribution < 1.29 is 36.3 Å². The van der Waals surface area contributed by atoms with Gasteiger partial charge < -0.3 is 15.4 Å². The monoisotopic (exact) mass is 432 g/mol. The Bertz CT molecular complexity index is 865. The van der Waals surface area contributed by atoms with E-state index in [-0.39, 0.29) is 11.6 Å². The highest BCUT2D eigenvalue weighted by molar-refractivity contribution is 7.91. The SMILES string of the molecule is CC(=O)NC1(C(=O)OCC(=O)Nc2ccc(S(=O)(=O)C(F)F)cc2)CCCCC1. The Kier molecular flexibility index (Phi) is 7.28. The Balaban J connectivity index is 1.95. The molecular weight excluding hydrogens is 410 g/mol. The van der Waals surface area contributed by atoms with Gasteiger partial charge in [-0.1, -0.05) is 19.3 Å². The first-order valence-electron chi connectivity index (χ1n) is 8.95. The van der Waals surface area contributed by atoms with Crippen LogP contribution < -0.4 is 10.6 Å². The standard InChI is InChI=1S/C18H22F2N2O6S/c1-12(23)22-18(9-3-2-4-10-18)16(25)28-11-15(24)21-13-5-7-14(8-6-13)29(26,27)17(19)20/h5-8,17H,2-4,9-11H2,1H3,(H,21,24)(H,22,23). The second-order valence-electron chi connectivity index (χ2n) is 6.78. The van der Waals surface area contributed by atoms with Crippen LogP contribution in [0.1, 0.15) is 39.0 Å². The molecule has 0 aromatic heterocycles. The lowest BCUT2D eigenvalue weighted by molar-refractivity contribution is -0.157. The molecule has 1 aromatic carbocycles. The highest BCUT2D eigenvalue weighted by Gasteiger charge is 2.42. The number of amides is 2. The lowest BCUT2D eigenvalue weighted by atomic mass is 9.81. The van der Waals surface area contributed by atoms with Crippen molar-refractivity contribution in [2.75, 3.05) is 11.9 Å². The number of alkyl halides is 2. The van der Waals surface area contributed by atoms with Gasteiger partial charge in [0.25, 0.3) is 5.91 Å². The second kappa shape index (κ2) is 9.29. The number of carbonyl (C=O) groups excluding carboxylic acids is 3. The van der Waals surface area contributed by atoms with Crippen LogP contribution in [0.25, 0.3) is 0 Å². The molecule has 29 heavy (non-hydrogen) atoms. The summed E-state index contributed by atoms with van der Waals surface area (Å²) in [5.74, 6) is -5.30. The van der Waals surface area contributed by atoms with Crippen molar-refractivity contribution in [3.63, 3.8) is 0 Å². The molecule has 2 amide bonds. The summed E-state index contributed by atoms with van der Waals surface area (Å²) in [5.41, 5.74) is -0.996. The molecule has 2 rings (SSSR count). The van der Waals surface area contributed by atoms with Gasteiger partial charge in [-0.25, -0.2) is 13.2 Å². The molecule has 0 aliphatic heterocycles. The number of esters is 1. The topological polar surface area (TPSA) is 119 Å². The van der Waals surface area contributed by atoms with E-state index >= 15 is 0 Å². The fourth-order valence-electron chi connectivity index (χ4n) is 3.17. The van der Waals surface area contributed by atoms with Crippen LogP contribution in [0.2, 0.25) is 0 Å². The van der Waals surface area contributed by atoms with Gasteiger partial charge in [-0.05, 0) is 37.1 Å². The Hall–Kier alpha value is -2.56. The number of rotatable bonds is 7. The summed E-state index contributed by atoms with van der Waals surface area (Å²) >= 11 is 0. The summed E-state index contributed by atoms with van der Waals surface area (Å²) in [6.45, 7) is 0.686. The summed E-state index contributed by atoms with van der Waals surface area (Å²) in [5, 5.41) is 5.01. The van der Waals surface area contributed by atoms with Crippen LogP contribution >= 0.6 is 0 Å². The van der Waals surface area contributed by atoms with E-state index in [0.717, 1.165) is 43.5 Å². The summed E-state index contributed by atoms with van der Waals surface area (Å²) in [6, 6.07) is 4.18. The first-order chi connectivity index (χ1) is 13.6. The second-order valence-corrected chi connectivity index (χ2v) is 8.70. The molecule has 1 aliphatic rings. The van der Waals surface area contributed by atoms with E-state index in [1.807, 2.05) is 0 Å². The van der Waals surface area contributed by atoms with Gasteiger partial charge >= 0.3 is 11.7 Å². The van der Waals surface area contributed by atoms with Gasteiger partial charge in [0.1, 0.15) is 5.54 Å². The minimum absolute atomic E-state index is 0.147. The number of ether oxygens (including phenoxy) is 1. The molecule has 2 N–H and O–H groups in total. The average molecular weight is 432 g/mol. The number of carbonyl (C=O) groups is 3. The first kappa shape index (κ1) is 22.7. The minimum atomic E-state index is -4.72. The summed E-state index contributed by atoms with van der Waals surface area (Å²) in [7, 11) is -4.72. The minimum Gasteiger partial charge on any atom is -0.454 e. The molecule has 11 heteroatoms. The zero-order valence-corrected chi connectivity index (χ0v) is 16.6. The van der Waals surface area contributed by atoms with E-state index in [4.69, 9.17) is 4.74 Å². The predicted octanol–water partition coefficient (Wildman–Crippen LogP) is 2.00. The van der Waals surface area contributed by atoms with E-state index < -0.39 is 44.5 Å². The van der Waals surface area contributed by atoms with Crippen molar-refractivity contribution in [1.82, 2.24) is 5.32 Å². The molecule has 1 fully saturated rings. The molecule has 160 valence electrons. The Morgan fingerprint density at radius 2 is 1.69 bits per heavy atom. The maximum absolute atomic E-state index is 12.5. The largest absolute Gasteiger partial charge is 0.454 e. The van der Waals surface area contributed by atoms with Gasteiger partial charge in [0.2, 0.25) is 15.7 Å². The van der Waals surface area contributed by atoms with Crippen molar-refractivity contribution in [3.05, 3.63) is 24.3 Å². The fraction of sp³-hybridized carbons (Fsp3) is 0.500. The third-order valence-corrected chi connectivity index (χ3v) is 5.95. The molecule has 1 aliphatic carbocycles. The van der Waals surface area contributed by atoms with Crippen LogP contribution in [0.3, 0.4) is 0 Å². The van der Waals surface area contributed by atoms with Gasteiger partial charge in [-0.3, -0.25) is 9.59 Å². The molecule has 0 saturated heterocycles. The van der Waals surface area contributed by atoms with E-state index in [9.17, 15) is 31.6 Å². The van der Waals surface area contributed by atoms with Crippen molar-refractivity contribution in [2.45, 2.75) is 55.2 Å². The highest BCUT2D eigenvalue weighted by atomic mass is 32.2. The molecule has 1 saturated carbocycles. The molecular formula is C18H22F2N2O6S. The molecule has 0 radical (unpaired) electrons. The van der Waals surface area contributed by atoms with Crippen molar-refractivity contribution in [1.29, 1.82) is 0 Å². The van der Waals surface area contributed by atoms with Crippen LogP contribution in [0.15, 0.2) is 29.2 Å². The van der Waals surface area contributed by atoms with Gasteiger partial charge in [0.15, 0.2) is 6.61 Å². The Labute approximate surface area is 166 Å². The van der Waals surface area contributed by atoms with Crippen molar-refractivity contribution in [3.8, 4) is 0 Å². The quantitative estimate of drug-likeness (QED) is 0.636. The lowest BCUT2D eigenvalue weighted by Crippen LogP contribution is -2.56. The fourth-order valence-corrected chi connectivity index (χ4v) is 3.89. The lowest BCUT2D eigenvalue weighted by Gasteiger charge is -2.35. The molecule has 0 atom stereocenters. The molecule has 0 bridgehead atoms. The number of hydrogen-bond acceptors (Lipinski definition) is 6. The summed E-state index contributed by atoms with van der Waals surface area (Å²) in [6.07, 6.45) is 3.28. The van der Waals surface area contributed by atoms with E-state index in [0.29, 0.717) is 12.8 Å². The third-order valence-electron chi connectivity index (χ3n) is 4.55. The van der Waals surface area contributed by atoms with E-state index in [2.05, 4.69) is 10.6 Å². The molecule has 0 spiro atoms. The average Bonchev–Trinajstić information content (AvgIpc) is 2.66. The summed E-state index contributed by atoms with van der Waals surface area (Å²) < 4.78 is 52.9.